The van der Waals surface area contributed by atoms with Crippen LogP contribution in [-0.2, 0) is 9.53 Å². The van der Waals surface area contributed by atoms with Crippen molar-refractivity contribution >= 4 is 5.91 Å². The first-order chi connectivity index (χ1) is 7.62. The molecule has 0 spiro atoms. The highest BCUT2D eigenvalue weighted by molar-refractivity contribution is 5.76. The van der Waals surface area contributed by atoms with Crippen LogP contribution >= 0.6 is 0 Å². The molecule has 0 atom stereocenters. The highest BCUT2D eigenvalue weighted by atomic mass is 16.5. The van der Waals surface area contributed by atoms with Crippen molar-refractivity contribution in [1.29, 1.82) is 0 Å². The van der Waals surface area contributed by atoms with Crippen LogP contribution in [0.1, 0.15) is 39.0 Å². The third kappa shape index (κ3) is 3.76. The minimum Gasteiger partial charge on any atom is -0.394 e. The van der Waals surface area contributed by atoms with Crippen LogP contribution in [0.2, 0.25) is 0 Å². The molecule has 0 unspecified atom stereocenters. The van der Waals surface area contributed by atoms with E-state index in [2.05, 4.69) is 12.2 Å². The monoisotopic (exact) mass is 229 g/mol. The Labute approximate surface area is 97.4 Å². The summed E-state index contributed by atoms with van der Waals surface area (Å²) in [6.45, 7) is 2.69. The maximum atomic E-state index is 11.6. The average molecular weight is 229 g/mol. The first-order valence-corrected chi connectivity index (χ1v) is 6.03. The molecule has 1 rings (SSSR count). The number of carbonyl (C=O) groups is 1. The zero-order valence-corrected chi connectivity index (χ0v) is 10.3. The number of aliphatic hydroxyl groups is 1. The fraction of sp³-hybridized carbons (Fsp3) is 0.917. The zero-order valence-electron chi connectivity index (χ0n) is 10.3. The van der Waals surface area contributed by atoms with Crippen LogP contribution in [-0.4, -0.2) is 36.9 Å². The first kappa shape index (κ1) is 13.5. The van der Waals surface area contributed by atoms with Gasteiger partial charge in [0.15, 0.2) is 0 Å². The van der Waals surface area contributed by atoms with Crippen molar-refractivity contribution in [3.05, 3.63) is 0 Å². The lowest BCUT2D eigenvalue weighted by atomic mass is 9.77. The summed E-state index contributed by atoms with van der Waals surface area (Å²) in [7, 11) is 1.58. The smallest absolute Gasteiger partial charge is 0.222 e. The van der Waals surface area contributed by atoms with E-state index in [9.17, 15) is 9.90 Å². The Morgan fingerprint density at radius 1 is 1.50 bits per heavy atom. The zero-order chi connectivity index (χ0) is 12.0. The maximum absolute atomic E-state index is 11.6. The predicted octanol–water partition coefficient (Wildman–Crippen LogP) is 1.08. The number of carbonyl (C=O) groups excluding carboxylic acids is 1. The molecule has 2 N–H and O–H groups in total. The first-order valence-electron chi connectivity index (χ1n) is 6.03. The molecule has 0 saturated heterocycles. The number of methoxy groups -OCH3 is 1. The van der Waals surface area contributed by atoms with E-state index in [0.29, 0.717) is 18.9 Å². The highest BCUT2D eigenvalue weighted by Gasteiger charge is 2.34. The van der Waals surface area contributed by atoms with E-state index >= 15 is 0 Å². The number of aliphatic hydroxyl groups excluding tert-OH is 1. The van der Waals surface area contributed by atoms with Gasteiger partial charge in [0.1, 0.15) is 0 Å². The van der Waals surface area contributed by atoms with Crippen molar-refractivity contribution < 1.29 is 14.6 Å². The molecular weight excluding hydrogens is 206 g/mol. The Hall–Kier alpha value is -0.610. The normalized spacial score (nSPS) is 30.1. The molecular formula is C12H23NO3. The van der Waals surface area contributed by atoms with Gasteiger partial charge in [-0.3, -0.25) is 4.79 Å². The van der Waals surface area contributed by atoms with Crippen LogP contribution < -0.4 is 5.32 Å². The van der Waals surface area contributed by atoms with Gasteiger partial charge in [0.05, 0.1) is 18.8 Å². The summed E-state index contributed by atoms with van der Waals surface area (Å²) in [6, 6.07) is 0. The van der Waals surface area contributed by atoms with Gasteiger partial charge in [-0.1, -0.05) is 6.92 Å². The predicted molar refractivity (Wildman–Crippen MR) is 62.1 cm³/mol. The van der Waals surface area contributed by atoms with Gasteiger partial charge in [0.25, 0.3) is 0 Å². The van der Waals surface area contributed by atoms with Gasteiger partial charge in [-0.05, 0) is 31.6 Å². The van der Waals surface area contributed by atoms with Crippen molar-refractivity contribution in [2.24, 2.45) is 5.92 Å². The molecule has 1 saturated carbocycles. The standard InChI is InChI=1S/C12H23NO3/c1-10-3-6-12(9-14,7-4-10)13-11(15)5-8-16-2/h10,14H,3-9H2,1-2H3,(H,13,15). The van der Waals surface area contributed by atoms with Gasteiger partial charge in [0, 0.05) is 13.5 Å². The minimum atomic E-state index is -0.378. The second kappa shape index (κ2) is 6.21. The fourth-order valence-corrected chi connectivity index (χ4v) is 2.19. The lowest BCUT2D eigenvalue weighted by Crippen LogP contribution is -2.53. The van der Waals surface area contributed by atoms with Gasteiger partial charge in [-0.15, -0.1) is 0 Å². The average Bonchev–Trinajstić information content (AvgIpc) is 2.30. The molecule has 0 aromatic rings. The van der Waals surface area contributed by atoms with Gasteiger partial charge in [-0.2, -0.15) is 0 Å². The molecule has 0 aromatic carbocycles. The lowest BCUT2D eigenvalue weighted by Gasteiger charge is -2.38. The van der Waals surface area contributed by atoms with Crippen LogP contribution in [0.15, 0.2) is 0 Å². The second-order valence-corrected chi connectivity index (χ2v) is 4.91. The Morgan fingerprint density at radius 2 is 2.12 bits per heavy atom. The lowest BCUT2D eigenvalue weighted by molar-refractivity contribution is -0.125. The van der Waals surface area contributed by atoms with Crippen LogP contribution in [0.4, 0.5) is 0 Å². The summed E-state index contributed by atoms with van der Waals surface area (Å²) in [5.74, 6) is 0.681. The quantitative estimate of drug-likeness (QED) is 0.741. The third-order valence-corrected chi connectivity index (χ3v) is 3.47. The van der Waals surface area contributed by atoms with Crippen molar-refractivity contribution in [2.75, 3.05) is 20.3 Å². The second-order valence-electron chi connectivity index (χ2n) is 4.91. The Morgan fingerprint density at radius 3 is 2.62 bits per heavy atom. The van der Waals surface area contributed by atoms with Gasteiger partial charge >= 0.3 is 0 Å². The number of nitrogens with one attached hydrogen (secondary N) is 1. The molecule has 4 nitrogen and oxygen atoms in total. The van der Waals surface area contributed by atoms with Gasteiger partial charge in [-0.25, -0.2) is 0 Å². The SMILES string of the molecule is COCCC(=O)NC1(CO)CCC(C)CC1. The van der Waals surface area contributed by atoms with E-state index in [1.54, 1.807) is 7.11 Å². The minimum absolute atomic E-state index is 0.0227. The molecule has 0 aromatic heterocycles. The molecule has 1 aliphatic rings. The molecule has 0 aliphatic heterocycles. The van der Waals surface area contributed by atoms with E-state index in [1.165, 1.54) is 0 Å². The number of amides is 1. The van der Waals surface area contributed by atoms with Crippen LogP contribution in [0.25, 0.3) is 0 Å². The van der Waals surface area contributed by atoms with E-state index < -0.39 is 0 Å². The number of hydrogen-bond acceptors (Lipinski definition) is 3. The summed E-state index contributed by atoms with van der Waals surface area (Å²) in [5.41, 5.74) is -0.378. The summed E-state index contributed by atoms with van der Waals surface area (Å²) in [6.07, 6.45) is 4.27. The van der Waals surface area contributed by atoms with Gasteiger partial charge < -0.3 is 15.2 Å². The highest BCUT2D eigenvalue weighted by Crippen LogP contribution is 2.31. The molecule has 0 heterocycles. The molecule has 94 valence electrons. The van der Waals surface area contributed by atoms with E-state index in [0.717, 1.165) is 25.7 Å². The number of hydrogen-bond donors (Lipinski definition) is 2. The topological polar surface area (TPSA) is 58.6 Å². The Balaban J connectivity index is 2.44. The van der Waals surface area contributed by atoms with E-state index in [-0.39, 0.29) is 18.1 Å². The molecule has 4 heteroatoms. The van der Waals surface area contributed by atoms with E-state index in [4.69, 9.17) is 4.74 Å². The van der Waals surface area contributed by atoms with E-state index in [1.807, 2.05) is 0 Å². The number of ether oxygens (including phenoxy) is 1. The molecule has 16 heavy (non-hydrogen) atoms. The van der Waals surface area contributed by atoms with Crippen LogP contribution in [0.3, 0.4) is 0 Å². The molecule has 1 fully saturated rings. The van der Waals surface area contributed by atoms with Crippen molar-refractivity contribution in [3.63, 3.8) is 0 Å². The molecule has 0 bridgehead atoms. The largest absolute Gasteiger partial charge is 0.394 e. The molecule has 1 amide bonds. The number of rotatable bonds is 5. The summed E-state index contributed by atoms with van der Waals surface area (Å²) in [4.78, 5) is 11.6. The molecule has 0 radical (unpaired) electrons. The van der Waals surface area contributed by atoms with Gasteiger partial charge in [0.2, 0.25) is 5.91 Å². The summed E-state index contributed by atoms with van der Waals surface area (Å²) >= 11 is 0. The maximum Gasteiger partial charge on any atom is 0.222 e. The Kier molecular flexibility index (Phi) is 5.22. The third-order valence-electron chi connectivity index (χ3n) is 3.47. The summed E-state index contributed by atoms with van der Waals surface area (Å²) in [5, 5.41) is 12.4. The van der Waals surface area contributed by atoms with Crippen molar-refractivity contribution in [1.82, 2.24) is 5.32 Å². The Bertz CT molecular complexity index is 222. The van der Waals surface area contributed by atoms with Crippen LogP contribution in [0.5, 0.6) is 0 Å². The van der Waals surface area contributed by atoms with Crippen LogP contribution in [0, 0.1) is 5.92 Å². The van der Waals surface area contributed by atoms with Crippen molar-refractivity contribution in [2.45, 2.75) is 44.6 Å². The van der Waals surface area contributed by atoms with Crippen molar-refractivity contribution in [3.8, 4) is 0 Å². The fourth-order valence-electron chi connectivity index (χ4n) is 2.19. The summed E-state index contributed by atoms with van der Waals surface area (Å²) < 4.78 is 4.86. The molecule has 1 aliphatic carbocycles.